The van der Waals surface area contributed by atoms with Crippen molar-refractivity contribution in [3.63, 3.8) is 0 Å². The Labute approximate surface area is 196 Å². The van der Waals surface area contributed by atoms with E-state index in [-0.39, 0.29) is 44.7 Å². The van der Waals surface area contributed by atoms with Gasteiger partial charge in [0.05, 0.1) is 25.8 Å². The number of alkyl halides is 1. The Balaban J connectivity index is 1.34. The maximum absolute atomic E-state index is 14.5. The van der Waals surface area contributed by atoms with Crippen LogP contribution in [0.4, 0.5) is 9.18 Å². The number of carbonyl (C=O) groups excluding carboxylic acids is 2. The van der Waals surface area contributed by atoms with Gasteiger partial charge in [0.15, 0.2) is 20.3 Å². The van der Waals surface area contributed by atoms with Gasteiger partial charge in [0, 0.05) is 43.3 Å². The van der Waals surface area contributed by atoms with Gasteiger partial charge in [-0.3, -0.25) is 19.5 Å². The average molecular weight is 493 g/mol. The van der Waals surface area contributed by atoms with Gasteiger partial charge in [0.2, 0.25) is 0 Å². The SMILES string of the molecule is C[C@@](CCN1Cc2cc(C#CC#CC3(F)CN(C4COC4)C3)cn2C1=O)(C(=O)NO)S(C)(=O)=O. The number of ether oxygens (including phenoxy) is 1. The lowest BCUT2D eigenvalue weighted by atomic mass is 9.94. The van der Waals surface area contributed by atoms with E-state index in [1.807, 2.05) is 4.90 Å². The van der Waals surface area contributed by atoms with Gasteiger partial charge in [-0.1, -0.05) is 5.92 Å². The number of hydrogen-bond donors (Lipinski definition) is 2. The highest BCUT2D eigenvalue weighted by molar-refractivity contribution is 7.92. The van der Waals surface area contributed by atoms with Crippen LogP contribution in [0.5, 0.6) is 0 Å². The molecule has 0 radical (unpaired) electrons. The molecule has 0 aromatic carbocycles. The molecule has 0 spiro atoms. The average Bonchev–Trinajstić information content (AvgIpc) is 3.24. The van der Waals surface area contributed by atoms with Crippen LogP contribution in [0.25, 0.3) is 0 Å². The molecule has 3 aliphatic heterocycles. The van der Waals surface area contributed by atoms with E-state index in [4.69, 9.17) is 9.94 Å². The minimum Gasteiger partial charge on any atom is -0.378 e. The second-order valence-corrected chi connectivity index (χ2v) is 11.5. The quantitative estimate of drug-likeness (QED) is 0.319. The molecular weight excluding hydrogens is 467 g/mol. The summed E-state index contributed by atoms with van der Waals surface area (Å²) in [5.74, 6) is 9.51. The van der Waals surface area contributed by atoms with E-state index in [1.54, 1.807) is 6.07 Å². The monoisotopic (exact) mass is 492 g/mol. The van der Waals surface area contributed by atoms with Crippen LogP contribution in [0.2, 0.25) is 0 Å². The van der Waals surface area contributed by atoms with Crippen LogP contribution in [-0.2, 0) is 25.9 Å². The minimum atomic E-state index is -3.86. The summed E-state index contributed by atoms with van der Waals surface area (Å²) >= 11 is 0. The van der Waals surface area contributed by atoms with Gasteiger partial charge >= 0.3 is 6.03 Å². The van der Waals surface area contributed by atoms with E-state index in [0.29, 0.717) is 24.5 Å². The Morgan fingerprint density at radius 2 is 2.09 bits per heavy atom. The molecule has 2 fully saturated rings. The first-order chi connectivity index (χ1) is 16.0. The van der Waals surface area contributed by atoms with E-state index in [1.165, 1.54) is 28.1 Å². The molecule has 1 aromatic heterocycles. The van der Waals surface area contributed by atoms with Gasteiger partial charge in [0.25, 0.3) is 5.91 Å². The molecule has 0 unspecified atom stereocenters. The zero-order valence-electron chi connectivity index (χ0n) is 18.8. The van der Waals surface area contributed by atoms with Gasteiger partial charge < -0.3 is 9.64 Å². The number of nitrogens with one attached hydrogen (secondary N) is 1. The van der Waals surface area contributed by atoms with Gasteiger partial charge in [0.1, 0.15) is 0 Å². The molecule has 2 saturated heterocycles. The fourth-order valence-corrected chi connectivity index (χ4v) is 4.86. The molecule has 12 heteroatoms. The van der Waals surface area contributed by atoms with Crippen molar-refractivity contribution in [2.24, 2.45) is 0 Å². The van der Waals surface area contributed by atoms with Crippen molar-refractivity contribution >= 4 is 21.8 Å². The molecule has 10 nitrogen and oxygen atoms in total. The predicted molar refractivity (Wildman–Crippen MR) is 118 cm³/mol. The molecule has 0 bridgehead atoms. The summed E-state index contributed by atoms with van der Waals surface area (Å²) in [4.78, 5) is 28.0. The Morgan fingerprint density at radius 3 is 2.65 bits per heavy atom. The van der Waals surface area contributed by atoms with Crippen LogP contribution in [-0.4, -0.2) is 95.5 Å². The molecule has 4 heterocycles. The first-order valence-electron chi connectivity index (χ1n) is 10.6. The van der Waals surface area contributed by atoms with E-state index in [2.05, 4.69) is 23.7 Å². The van der Waals surface area contributed by atoms with E-state index < -0.39 is 26.2 Å². The third-order valence-electron chi connectivity index (χ3n) is 6.59. The lowest BCUT2D eigenvalue weighted by molar-refractivity contribution is -0.131. The summed E-state index contributed by atoms with van der Waals surface area (Å²) in [7, 11) is -3.86. The minimum absolute atomic E-state index is 0.00737. The number of fused-ring (bicyclic) bond motifs is 1. The van der Waals surface area contributed by atoms with Crippen molar-refractivity contribution < 1.29 is 32.3 Å². The van der Waals surface area contributed by atoms with Crippen LogP contribution in [0.3, 0.4) is 0 Å². The second kappa shape index (κ2) is 8.71. The normalized spacial score (nSPS) is 21.2. The Bertz CT molecular complexity index is 1240. The topological polar surface area (TPSA) is 121 Å². The van der Waals surface area contributed by atoms with E-state index in [9.17, 15) is 22.4 Å². The Morgan fingerprint density at radius 1 is 1.38 bits per heavy atom. The number of halogens is 1. The standard InChI is InChI=1S/C22H25FN4O6S/c1-21(19(28)24-30,34(2,31)32)7-8-25-11-17-9-16(10-27(17)20(25)29)5-3-4-6-22(23)14-26(15-22)18-12-33-13-18/h9-10,18,30H,7-8,11-15H2,1-2H3,(H,24,28)/t21-/m1/s1. The lowest BCUT2D eigenvalue weighted by Gasteiger charge is -2.48. The summed E-state index contributed by atoms with van der Waals surface area (Å²) in [5, 5.41) is 8.92. The number of amides is 2. The highest BCUT2D eigenvalue weighted by Gasteiger charge is 2.47. The van der Waals surface area contributed by atoms with Crippen LogP contribution in [0.15, 0.2) is 12.3 Å². The Hall–Kier alpha value is -2.90. The summed E-state index contributed by atoms with van der Waals surface area (Å²) in [6.07, 6.45) is 2.25. The zero-order valence-corrected chi connectivity index (χ0v) is 19.6. The van der Waals surface area contributed by atoms with Crippen LogP contribution in [0.1, 0.15) is 24.6 Å². The van der Waals surface area contributed by atoms with Crippen molar-refractivity contribution in [3.8, 4) is 23.7 Å². The first-order valence-corrected chi connectivity index (χ1v) is 12.5. The summed E-state index contributed by atoms with van der Waals surface area (Å²) < 4.78 is 43.3. The lowest BCUT2D eigenvalue weighted by Crippen LogP contribution is -2.65. The number of nitrogens with zero attached hydrogens (tertiary/aromatic N) is 3. The molecule has 2 amide bonds. The third-order valence-corrected chi connectivity index (χ3v) is 8.61. The predicted octanol–water partition coefficient (Wildman–Crippen LogP) is -0.252. The molecule has 2 N–H and O–H groups in total. The number of likely N-dealkylation sites (tertiary alicyclic amines) is 1. The number of carbonyl (C=O) groups is 2. The maximum atomic E-state index is 14.5. The third kappa shape index (κ3) is 4.42. The van der Waals surface area contributed by atoms with Crippen LogP contribution in [0, 0.1) is 23.7 Å². The molecule has 0 aliphatic carbocycles. The maximum Gasteiger partial charge on any atom is 0.328 e. The summed E-state index contributed by atoms with van der Waals surface area (Å²) in [6.45, 7) is 3.17. The highest BCUT2D eigenvalue weighted by atomic mass is 32.2. The van der Waals surface area contributed by atoms with Crippen LogP contribution >= 0.6 is 0 Å². The van der Waals surface area contributed by atoms with E-state index >= 15 is 0 Å². The fraction of sp³-hybridized carbons (Fsp3) is 0.545. The number of sulfone groups is 1. The highest BCUT2D eigenvalue weighted by Crippen LogP contribution is 2.29. The largest absolute Gasteiger partial charge is 0.378 e. The molecule has 182 valence electrons. The molecule has 0 saturated carbocycles. The summed E-state index contributed by atoms with van der Waals surface area (Å²) in [5.41, 5.74) is 1.03. The van der Waals surface area contributed by atoms with Gasteiger partial charge in [-0.2, -0.15) is 0 Å². The van der Waals surface area contributed by atoms with Gasteiger partial charge in [-0.15, -0.1) is 0 Å². The van der Waals surface area contributed by atoms with E-state index in [0.717, 1.165) is 6.26 Å². The van der Waals surface area contributed by atoms with Crippen molar-refractivity contribution in [3.05, 3.63) is 23.5 Å². The molecule has 1 atom stereocenters. The number of hydroxylamine groups is 1. The second-order valence-electron chi connectivity index (χ2n) is 9.05. The molecular formula is C22H25FN4O6S. The molecule has 4 rings (SSSR count). The number of aromatic nitrogens is 1. The zero-order chi connectivity index (χ0) is 24.7. The van der Waals surface area contributed by atoms with Crippen molar-refractivity contribution in [2.75, 3.05) is 39.1 Å². The number of rotatable bonds is 6. The fourth-order valence-electron chi connectivity index (χ4n) is 4.02. The summed E-state index contributed by atoms with van der Waals surface area (Å²) in [6, 6.07) is 1.60. The molecule has 1 aromatic rings. The van der Waals surface area contributed by atoms with Crippen molar-refractivity contribution in [2.45, 2.75) is 36.3 Å². The Kier molecular flexibility index (Phi) is 6.21. The van der Waals surface area contributed by atoms with Gasteiger partial charge in [-0.25, -0.2) is 23.1 Å². The van der Waals surface area contributed by atoms with Gasteiger partial charge in [-0.05, 0) is 37.2 Å². The smallest absolute Gasteiger partial charge is 0.328 e. The molecule has 3 aliphatic rings. The van der Waals surface area contributed by atoms with Crippen LogP contribution < -0.4 is 5.48 Å². The first kappa shape index (κ1) is 24.2. The number of hydrogen-bond acceptors (Lipinski definition) is 7. The molecule has 34 heavy (non-hydrogen) atoms. The van der Waals surface area contributed by atoms with Crippen molar-refractivity contribution in [1.29, 1.82) is 0 Å². The van der Waals surface area contributed by atoms with Crippen molar-refractivity contribution in [1.82, 2.24) is 19.8 Å².